The molecule has 0 fully saturated rings. The first-order valence-electron chi connectivity index (χ1n) is 10.5. The van der Waals surface area contributed by atoms with Gasteiger partial charge in [0.15, 0.2) is 0 Å². The first kappa shape index (κ1) is 27.4. The maximum absolute atomic E-state index is 12.9. The van der Waals surface area contributed by atoms with Crippen LogP contribution in [0.5, 0.6) is 0 Å². The number of rotatable bonds is 13. The first-order valence-corrected chi connectivity index (χ1v) is 11.1. The van der Waals surface area contributed by atoms with Crippen molar-refractivity contribution in [3.05, 3.63) is 18.2 Å². The molecule has 180 valence electrons. The van der Waals surface area contributed by atoms with Crippen molar-refractivity contribution in [2.45, 2.75) is 64.7 Å². The van der Waals surface area contributed by atoms with Crippen LogP contribution in [-0.2, 0) is 25.6 Å². The molecular formula is C20H34N6O5S. The second-order valence-electron chi connectivity index (χ2n) is 8.07. The zero-order chi connectivity index (χ0) is 24.4. The van der Waals surface area contributed by atoms with Gasteiger partial charge in [0.2, 0.25) is 17.7 Å². The quantitative estimate of drug-likeness (QED) is 0.189. The van der Waals surface area contributed by atoms with E-state index >= 15 is 0 Å². The largest absolute Gasteiger partial charge is 0.480 e. The van der Waals surface area contributed by atoms with E-state index in [1.54, 1.807) is 20.8 Å². The van der Waals surface area contributed by atoms with Gasteiger partial charge in [-0.05, 0) is 11.8 Å². The number of thiol groups is 1. The molecule has 5 unspecified atom stereocenters. The highest BCUT2D eigenvalue weighted by atomic mass is 32.1. The molecule has 0 saturated carbocycles. The van der Waals surface area contributed by atoms with E-state index in [-0.39, 0.29) is 24.0 Å². The highest BCUT2D eigenvalue weighted by Crippen LogP contribution is 2.09. The molecule has 0 radical (unpaired) electrons. The topological polar surface area (TPSA) is 179 Å². The number of carboxylic acids is 1. The molecule has 1 aromatic rings. The molecule has 0 saturated heterocycles. The molecular weight excluding hydrogens is 436 g/mol. The maximum atomic E-state index is 12.9. The summed E-state index contributed by atoms with van der Waals surface area (Å²) in [4.78, 5) is 56.3. The fraction of sp³-hybridized carbons (Fsp3) is 0.650. The third-order valence-electron chi connectivity index (χ3n) is 5.23. The van der Waals surface area contributed by atoms with Gasteiger partial charge < -0.3 is 31.8 Å². The predicted molar refractivity (Wildman–Crippen MR) is 122 cm³/mol. The summed E-state index contributed by atoms with van der Waals surface area (Å²) in [6, 6.07) is -4.05. The Morgan fingerprint density at radius 1 is 1.09 bits per heavy atom. The summed E-state index contributed by atoms with van der Waals surface area (Å²) >= 11 is 4.12. The highest BCUT2D eigenvalue weighted by molar-refractivity contribution is 7.80. The number of nitrogens with two attached hydrogens (primary N) is 1. The summed E-state index contributed by atoms with van der Waals surface area (Å²) in [5.41, 5.74) is 6.48. The Balaban J connectivity index is 2.95. The Morgan fingerprint density at radius 3 is 2.16 bits per heavy atom. The molecule has 0 spiro atoms. The molecule has 1 rings (SSSR count). The van der Waals surface area contributed by atoms with Gasteiger partial charge in [0, 0.05) is 24.1 Å². The van der Waals surface area contributed by atoms with E-state index in [4.69, 9.17) is 5.73 Å². The van der Waals surface area contributed by atoms with E-state index in [2.05, 4.69) is 38.5 Å². The molecule has 7 N–H and O–H groups in total. The molecule has 0 aromatic carbocycles. The van der Waals surface area contributed by atoms with Crippen molar-refractivity contribution >= 4 is 36.3 Å². The Morgan fingerprint density at radius 2 is 1.69 bits per heavy atom. The van der Waals surface area contributed by atoms with Crippen LogP contribution in [0, 0.1) is 11.8 Å². The van der Waals surface area contributed by atoms with Gasteiger partial charge >= 0.3 is 5.97 Å². The van der Waals surface area contributed by atoms with Crippen LogP contribution in [0.25, 0.3) is 0 Å². The third kappa shape index (κ3) is 8.15. The average molecular weight is 471 g/mol. The molecule has 0 bridgehead atoms. The van der Waals surface area contributed by atoms with Gasteiger partial charge in [-0.3, -0.25) is 14.4 Å². The van der Waals surface area contributed by atoms with E-state index in [1.807, 2.05) is 6.92 Å². The molecule has 1 heterocycles. The van der Waals surface area contributed by atoms with Crippen LogP contribution < -0.4 is 21.7 Å². The lowest BCUT2D eigenvalue weighted by atomic mass is 9.99. The number of carboxylic acid groups (broad SMARTS) is 1. The summed E-state index contributed by atoms with van der Waals surface area (Å²) in [5.74, 6) is -3.49. The number of aromatic amines is 1. The fourth-order valence-corrected chi connectivity index (χ4v) is 3.06. The molecule has 12 heteroatoms. The van der Waals surface area contributed by atoms with Crippen molar-refractivity contribution in [1.82, 2.24) is 25.9 Å². The molecule has 5 atom stereocenters. The molecule has 32 heavy (non-hydrogen) atoms. The second kappa shape index (κ2) is 13.1. The van der Waals surface area contributed by atoms with Gasteiger partial charge in [-0.2, -0.15) is 12.6 Å². The van der Waals surface area contributed by atoms with Crippen LogP contribution in [0.1, 0.15) is 39.8 Å². The first-order chi connectivity index (χ1) is 15.0. The van der Waals surface area contributed by atoms with Gasteiger partial charge in [0.25, 0.3) is 0 Å². The number of aliphatic carboxylic acids is 1. The van der Waals surface area contributed by atoms with Crippen molar-refractivity contribution < 1.29 is 24.3 Å². The van der Waals surface area contributed by atoms with Gasteiger partial charge in [-0.15, -0.1) is 0 Å². The van der Waals surface area contributed by atoms with Gasteiger partial charge in [-0.1, -0.05) is 34.1 Å². The number of amides is 3. The number of imidazole rings is 1. The number of nitrogens with zero attached hydrogens (tertiary/aromatic N) is 1. The molecule has 1 aromatic heterocycles. The number of H-pyrrole nitrogens is 1. The lowest BCUT2D eigenvalue weighted by Crippen LogP contribution is -2.59. The second-order valence-corrected chi connectivity index (χ2v) is 8.43. The summed E-state index contributed by atoms with van der Waals surface area (Å²) in [6.45, 7) is 7.09. The number of nitrogens with one attached hydrogen (secondary N) is 4. The van der Waals surface area contributed by atoms with Crippen LogP contribution in [0.2, 0.25) is 0 Å². The van der Waals surface area contributed by atoms with Crippen molar-refractivity contribution in [2.75, 3.05) is 5.75 Å². The SMILES string of the molecule is CCC(C)C(NC(=O)C(CS)NC(=O)C(Cc1cnc[nH]1)NC(=O)C(N)C(C)C)C(=O)O. The van der Waals surface area contributed by atoms with Gasteiger partial charge in [0.05, 0.1) is 12.4 Å². The molecule has 3 amide bonds. The normalized spacial score (nSPS) is 15.8. The van der Waals surface area contributed by atoms with Crippen molar-refractivity contribution in [3.8, 4) is 0 Å². The average Bonchev–Trinajstić information content (AvgIpc) is 3.26. The summed E-state index contributed by atoms with van der Waals surface area (Å²) in [5, 5.41) is 17.0. The predicted octanol–water partition coefficient (Wildman–Crippen LogP) is -0.550. The van der Waals surface area contributed by atoms with E-state index < -0.39 is 47.9 Å². The minimum Gasteiger partial charge on any atom is -0.480 e. The molecule has 0 aliphatic rings. The van der Waals surface area contributed by atoms with E-state index in [1.165, 1.54) is 12.5 Å². The monoisotopic (exact) mass is 470 g/mol. The zero-order valence-corrected chi connectivity index (χ0v) is 19.7. The summed E-state index contributed by atoms with van der Waals surface area (Å²) in [6.07, 6.45) is 3.59. The number of hydrogen-bond donors (Lipinski definition) is 7. The van der Waals surface area contributed by atoms with Crippen LogP contribution in [0.15, 0.2) is 12.5 Å². The number of carbonyl (C=O) groups is 4. The van der Waals surface area contributed by atoms with Crippen LogP contribution >= 0.6 is 12.6 Å². The van der Waals surface area contributed by atoms with Crippen LogP contribution in [0.3, 0.4) is 0 Å². The number of hydrogen-bond acceptors (Lipinski definition) is 7. The molecule has 11 nitrogen and oxygen atoms in total. The van der Waals surface area contributed by atoms with E-state index in [9.17, 15) is 24.3 Å². The Bertz CT molecular complexity index is 773. The third-order valence-corrected chi connectivity index (χ3v) is 5.59. The minimum atomic E-state index is -1.16. The molecule has 0 aliphatic carbocycles. The Hall–Kier alpha value is -2.60. The van der Waals surface area contributed by atoms with Crippen LogP contribution in [0.4, 0.5) is 0 Å². The standard InChI is InChI=1S/C20H34N6O5S/c1-5-11(4)16(20(30)31)26-18(28)14(8-32)25-17(27)13(6-12-7-22-9-23-12)24-19(29)15(21)10(2)3/h7,9-11,13-16,32H,5-6,8,21H2,1-4H3,(H,22,23)(H,24,29)(H,25,27)(H,26,28)(H,30,31). The van der Waals surface area contributed by atoms with Crippen LogP contribution in [-0.4, -0.2) is 68.7 Å². The Kier molecular flexibility index (Phi) is 11.2. The maximum Gasteiger partial charge on any atom is 0.326 e. The van der Waals surface area contributed by atoms with Gasteiger partial charge in [0.1, 0.15) is 18.1 Å². The smallest absolute Gasteiger partial charge is 0.326 e. The summed E-state index contributed by atoms with van der Waals surface area (Å²) < 4.78 is 0. The fourth-order valence-electron chi connectivity index (χ4n) is 2.80. The number of aromatic nitrogens is 2. The molecule has 0 aliphatic heterocycles. The van der Waals surface area contributed by atoms with E-state index in [0.29, 0.717) is 12.1 Å². The zero-order valence-electron chi connectivity index (χ0n) is 18.8. The van der Waals surface area contributed by atoms with E-state index in [0.717, 1.165) is 0 Å². The Labute approximate surface area is 193 Å². The number of carbonyl (C=O) groups excluding carboxylic acids is 3. The van der Waals surface area contributed by atoms with Crippen molar-refractivity contribution in [1.29, 1.82) is 0 Å². The highest BCUT2D eigenvalue weighted by Gasteiger charge is 2.32. The van der Waals surface area contributed by atoms with Crippen molar-refractivity contribution in [3.63, 3.8) is 0 Å². The lowest BCUT2D eigenvalue weighted by Gasteiger charge is -2.26. The minimum absolute atomic E-state index is 0.0688. The van der Waals surface area contributed by atoms with Crippen molar-refractivity contribution in [2.24, 2.45) is 17.6 Å². The lowest BCUT2D eigenvalue weighted by molar-refractivity contribution is -0.143. The summed E-state index contributed by atoms with van der Waals surface area (Å²) in [7, 11) is 0. The van der Waals surface area contributed by atoms with Gasteiger partial charge in [-0.25, -0.2) is 9.78 Å².